The van der Waals surface area contributed by atoms with E-state index in [1.54, 1.807) is 36.5 Å². The SMILES string of the molecule is O=C(CN1CCCC1c1ncc(-c2ccccc2F)[nH]1)Nc1ccc(Cl)cn1. The number of halogens is 2. The Morgan fingerprint density at radius 3 is 2.89 bits per heavy atom. The predicted molar refractivity (Wildman–Crippen MR) is 105 cm³/mol. The summed E-state index contributed by atoms with van der Waals surface area (Å²) in [7, 11) is 0. The van der Waals surface area contributed by atoms with E-state index in [1.807, 2.05) is 0 Å². The van der Waals surface area contributed by atoms with Crippen LogP contribution in [0, 0.1) is 5.82 Å². The van der Waals surface area contributed by atoms with Crippen LogP contribution in [0.4, 0.5) is 10.2 Å². The molecule has 1 unspecified atom stereocenters. The molecule has 0 saturated carbocycles. The van der Waals surface area contributed by atoms with Crippen LogP contribution < -0.4 is 5.32 Å². The van der Waals surface area contributed by atoms with Crippen LogP contribution in [-0.2, 0) is 4.79 Å². The number of hydrogen-bond donors (Lipinski definition) is 2. The highest BCUT2D eigenvalue weighted by molar-refractivity contribution is 6.30. The summed E-state index contributed by atoms with van der Waals surface area (Å²) in [5.74, 6) is 0.761. The maximum absolute atomic E-state index is 14.0. The van der Waals surface area contributed by atoms with Crippen molar-refractivity contribution in [2.45, 2.75) is 18.9 Å². The Morgan fingerprint density at radius 2 is 2.11 bits per heavy atom. The molecule has 1 aliphatic rings. The fourth-order valence-electron chi connectivity index (χ4n) is 3.46. The summed E-state index contributed by atoms with van der Waals surface area (Å²) >= 11 is 5.81. The second-order valence-corrected chi connectivity index (χ2v) is 7.14. The molecule has 3 heterocycles. The number of aromatic amines is 1. The molecule has 1 aliphatic heterocycles. The quantitative estimate of drug-likeness (QED) is 0.679. The second-order valence-electron chi connectivity index (χ2n) is 6.70. The number of amides is 1. The number of imidazole rings is 1. The molecule has 144 valence electrons. The van der Waals surface area contributed by atoms with Gasteiger partial charge in [0, 0.05) is 11.8 Å². The molecule has 0 spiro atoms. The lowest BCUT2D eigenvalue weighted by molar-refractivity contribution is -0.117. The maximum Gasteiger partial charge on any atom is 0.239 e. The van der Waals surface area contributed by atoms with Crippen LogP contribution in [-0.4, -0.2) is 38.8 Å². The van der Waals surface area contributed by atoms with Gasteiger partial charge in [0.1, 0.15) is 17.5 Å². The molecular formula is C20H19ClFN5O. The van der Waals surface area contributed by atoms with Gasteiger partial charge in [-0.15, -0.1) is 0 Å². The lowest BCUT2D eigenvalue weighted by atomic mass is 10.1. The van der Waals surface area contributed by atoms with E-state index in [0.29, 0.717) is 22.1 Å². The molecule has 28 heavy (non-hydrogen) atoms. The molecule has 2 N–H and O–H groups in total. The third kappa shape index (κ3) is 4.05. The zero-order valence-electron chi connectivity index (χ0n) is 15.0. The lowest BCUT2D eigenvalue weighted by Crippen LogP contribution is -2.33. The van der Waals surface area contributed by atoms with E-state index in [0.717, 1.165) is 25.2 Å². The van der Waals surface area contributed by atoms with Crippen LogP contribution in [0.2, 0.25) is 5.02 Å². The minimum Gasteiger partial charge on any atom is -0.341 e. The molecule has 0 bridgehead atoms. The summed E-state index contributed by atoms with van der Waals surface area (Å²) in [5, 5.41) is 3.29. The highest BCUT2D eigenvalue weighted by atomic mass is 35.5. The van der Waals surface area contributed by atoms with Crippen molar-refractivity contribution in [2.75, 3.05) is 18.4 Å². The van der Waals surface area contributed by atoms with Gasteiger partial charge in [0.25, 0.3) is 0 Å². The number of pyridine rings is 1. The van der Waals surface area contributed by atoms with E-state index >= 15 is 0 Å². The standard InChI is InChI=1S/C20H19ClFN5O/c21-13-7-8-18(23-10-13)26-19(28)12-27-9-3-6-17(27)20-24-11-16(25-20)14-4-1-2-5-15(14)22/h1-2,4-5,7-8,10-11,17H,3,6,9,12H2,(H,24,25)(H,23,26,28). The van der Waals surface area contributed by atoms with Crippen LogP contribution in [0.5, 0.6) is 0 Å². The number of nitrogens with one attached hydrogen (secondary N) is 2. The summed E-state index contributed by atoms with van der Waals surface area (Å²) in [4.78, 5) is 26.2. The first kappa shape index (κ1) is 18.6. The average molecular weight is 400 g/mol. The van der Waals surface area contributed by atoms with E-state index in [1.165, 1.54) is 12.3 Å². The van der Waals surface area contributed by atoms with Gasteiger partial charge in [-0.3, -0.25) is 9.69 Å². The fourth-order valence-corrected chi connectivity index (χ4v) is 3.58. The fraction of sp³-hybridized carbons (Fsp3) is 0.250. The number of benzene rings is 1. The topological polar surface area (TPSA) is 73.9 Å². The van der Waals surface area contributed by atoms with Gasteiger partial charge < -0.3 is 10.3 Å². The predicted octanol–water partition coefficient (Wildman–Crippen LogP) is 4.04. The van der Waals surface area contributed by atoms with Gasteiger partial charge >= 0.3 is 0 Å². The smallest absolute Gasteiger partial charge is 0.239 e. The van der Waals surface area contributed by atoms with Gasteiger partial charge in [0.05, 0.1) is 29.5 Å². The summed E-state index contributed by atoms with van der Waals surface area (Å²) in [6, 6.07) is 9.91. The zero-order valence-corrected chi connectivity index (χ0v) is 15.8. The molecule has 6 nitrogen and oxygen atoms in total. The van der Waals surface area contributed by atoms with Crippen molar-refractivity contribution >= 4 is 23.3 Å². The van der Waals surface area contributed by atoms with Gasteiger partial charge in [-0.2, -0.15) is 0 Å². The summed E-state index contributed by atoms with van der Waals surface area (Å²) < 4.78 is 14.0. The Kier molecular flexibility index (Phi) is 5.36. The van der Waals surface area contributed by atoms with E-state index in [-0.39, 0.29) is 24.3 Å². The van der Waals surface area contributed by atoms with Crippen LogP contribution in [0.15, 0.2) is 48.8 Å². The van der Waals surface area contributed by atoms with E-state index in [2.05, 4.69) is 25.2 Å². The normalized spacial score (nSPS) is 17.0. The number of hydrogen-bond acceptors (Lipinski definition) is 4. The molecule has 1 amide bonds. The molecule has 1 fully saturated rings. The number of carbonyl (C=O) groups excluding carboxylic acids is 1. The number of nitrogens with zero attached hydrogens (tertiary/aromatic N) is 3. The highest BCUT2D eigenvalue weighted by Gasteiger charge is 2.30. The molecule has 1 saturated heterocycles. The van der Waals surface area contributed by atoms with Crippen molar-refractivity contribution in [3.63, 3.8) is 0 Å². The third-order valence-corrected chi connectivity index (χ3v) is 5.00. The number of anilines is 1. The molecule has 8 heteroatoms. The molecule has 0 radical (unpaired) electrons. The van der Waals surface area contributed by atoms with Crippen molar-refractivity contribution in [1.29, 1.82) is 0 Å². The van der Waals surface area contributed by atoms with Crippen molar-refractivity contribution in [1.82, 2.24) is 19.9 Å². The maximum atomic E-state index is 14.0. The van der Waals surface area contributed by atoms with Crippen LogP contribution in [0.25, 0.3) is 11.3 Å². The molecule has 2 aromatic heterocycles. The number of aromatic nitrogens is 3. The molecular weight excluding hydrogens is 381 g/mol. The largest absolute Gasteiger partial charge is 0.341 e. The van der Waals surface area contributed by atoms with E-state index < -0.39 is 0 Å². The van der Waals surface area contributed by atoms with Gasteiger partial charge in [0.2, 0.25) is 5.91 Å². The van der Waals surface area contributed by atoms with Crippen LogP contribution in [0.1, 0.15) is 24.7 Å². The summed E-state index contributed by atoms with van der Waals surface area (Å²) in [6.07, 6.45) is 4.98. The summed E-state index contributed by atoms with van der Waals surface area (Å²) in [5.41, 5.74) is 1.12. The van der Waals surface area contributed by atoms with Gasteiger partial charge in [-0.1, -0.05) is 23.7 Å². The molecule has 1 atom stereocenters. The first-order chi connectivity index (χ1) is 13.6. The van der Waals surface area contributed by atoms with E-state index in [9.17, 15) is 9.18 Å². The molecule has 3 aromatic rings. The Balaban J connectivity index is 1.44. The Morgan fingerprint density at radius 1 is 1.25 bits per heavy atom. The zero-order chi connectivity index (χ0) is 19.5. The second kappa shape index (κ2) is 8.08. The van der Waals surface area contributed by atoms with E-state index in [4.69, 9.17) is 11.6 Å². The van der Waals surface area contributed by atoms with Gasteiger partial charge in [-0.05, 0) is 43.7 Å². The molecule has 4 rings (SSSR count). The number of likely N-dealkylation sites (tertiary alicyclic amines) is 1. The van der Waals surface area contributed by atoms with Gasteiger partial charge in [0.15, 0.2) is 0 Å². The lowest BCUT2D eigenvalue weighted by Gasteiger charge is -2.22. The highest BCUT2D eigenvalue weighted by Crippen LogP contribution is 2.31. The van der Waals surface area contributed by atoms with Crippen molar-refractivity contribution in [3.05, 3.63) is 65.5 Å². The minimum atomic E-state index is -0.296. The number of carbonyl (C=O) groups is 1. The van der Waals surface area contributed by atoms with Crippen molar-refractivity contribution < 1.29 is 9.18 Å². The van der Waals surface area contributed by atoms with Crippen molar-refractivity contribution in [2.24, 2.45) is 0 Å². The van der Waals surface area contributed by atoms with Gasteiger partial charge in [-0.25, -0.2) is 14.4 Å². The molecule has 1 aromatic carbocycles. The van der Waals surface area contributed by atoms with Crippen LogP contribution in [0.3, 0.4) is 0 Å². The third-order valence-electron chi connectivity index (χ3n) is 4.78. The first-order valence-corrected chi connectivity index (χ1v) is 9.43. The average Bonchev–Trinajstić information content (AvgIpc) is 3.33. The monoisotopic (exact) mass is 399 g/mol. The summed E-state index contributed by atoms with van der Waals surface area (Å²) in [6.45, 7) is 1.02. The first-order valence-electron chi connectivity index (χ1n) is 9.05. The minimum absolute atomic E-state index is 0.00977. The molecule has 0 aliphatic carbocycles. The number of H-pyrrole nitrogens is 1. The Bertz CT molecular complexity index is 975. The number of rotatable bonds is 5. The Hall–Kier alpha value is -2.77. The van der Waals surface area contributed by atoms with Crippen LogP contribution >= 0.6 is 11.6 Å². The van der Waals surface area contributed by atoms with Crippen molar-refractivity contribution in [3.8, 4) is 11.3 Å². The Labute approximate surface area is 166 Å².